The maximum absolute atomic E-state index is 12.4. The fourth-order valence-corrected chi connectivity index (χ4v) is 4.51. The number of unbranched alkanes of at least 4 members (excludes halogenated alkanes) is 14. The number of rotatable bonds is 27. The van der Waals surface area contributed by atoms with Gasteiger partial charge in [-0.2, -0.15) is 0 Å². The van der Waals surface area contributed by atoms with E-state index < -0.39 is 0 Å². The zero-order valence-electron chi connectivity index (χ0n) is 24.6. The number of hydrogen-bond acceptors (Lipinski definition) is 5. The molecule has 0 aliphatic carbocycles. The Labute approximate surface area is 224 Å². The van der Waals surface area contributed by atoms with Crippen molar-refractivity contribution in [1.29, 1.82) is 0 Å². The molecule has 0 aromatic rings. The summed E-state index contributed by atoms with van der Waals surface area (Å²) in [5.74, 6) is -0.0621. The predicted molar refractivity (Wildman–Crippen MR) is 152 cm³/mol. The molecule has 0 spiro atoms. The van der Waals surface area contributed by atoms with Gasteiger partial charge in [-0.3, -0.25) is 9.59 Å². The summed E-state index contributed by atoms with van der Waals surface area (Å²) in [4.78, 5) is 26.1. The number of hydrogen-bond donors (Lipinski definition) is 0. The van der Waals surface area contributed by atoms with Gasteiger partial charge in [-0.25, -0.2) is 0 Å². The second kappa shape index (κ2) is 26.9. The van der Waals surface area contributed by atoms with Crippen molar-refractivity contribution in [1.82, 2.24) is 4.90 Å². The normalized spacial score (nSPS) is 12.1. The van der Waals surface area contributed by atoms with E-state index in [1.807, 2.05) is 14.1 Å². The molecule has 36 heavy (non-hydrogen) atoms. The quantitative estimate of drug-likeness (QED) is 0.0816. The van der Waals surface area contributed by atoms with Crippen LogP contribution in [0.3, 0.4) is 0 Å². The summed E-state index contributed by atoms with van der Waals surface area (Å²) >= 11 is 0. The van der Waals surface area contributed by atoms with Crippen molar-refractivity contribution in [2.24, 2.45) is 0 Å². The number of carbonyl (C=O) groups is 2. The molecular formula is C31H61NO4. The van der Waals surface area contributed by atoms with E-state index in [9.17, 15) is 9.59 Å². The molecule has 0 rings (SSSR count). The van der Waals surface area contributed by atoms with E-state index in [-0.39, 0.29) is 18.0 Å². The molecule has 0 bridgehead atoms. The van der Waals surface area contributed by atoms with E-state index in [4.69, 9.17) is 9.47 Å². The van der Waals surface area contributed by atoms with Crippen molar-refractivity contribution >= 4 is 11.9 Å². The Morgan fingerprint density at radius 3 is 1.61 bits per heavy atom. The van der Waals surface area contributed by atoms with Crippen LogP contribution in [0, 0.1) is 0 Å². The van der Waals surface area contributed by atoms with E-state index in [1.54, 1.807) is 0 Å². The van der Waals surface area contributed by atoms with Gasteiger partial charge in [0.25, 0.3) is 0 Å². The van der Waals surface area contributed by atoms with Gasteiger partial charge in [0.2, 0.25) is 0 Å². The molecule has 0 aliphatic heterocycles. The lowest BCUT2D eigenvalue weighted by Gasteiger charge is -2.18. The summed E-state index contributed by atoms with van der Waals surface area (Å²) in [6.07, 6.45) is 24.4. The first-order valence-corrected chi connectivity index (χ1v) is 15.5. The van der Waals surface area contributed by atoms with Crippen LogP contribution in [0.2, 0.25) is 0 Å². The average Bonchev–Trinajstić information content (AvgIpc) is 2.84. The third-order valence-electron chi connectivity index (χ3n) is 6.83. The summed E-state index contributed by atoms with van der Waals surface area (Å²) < 4.78 is 11.2. The van der Waals surface area contributed by atoms with Gasteiger partial charge in [0.1, 0.15) is 6.10 Å². The van der Waals surface area contributed by atoms with Crippen LogP contribution < -0.4 is 0 Å². The number of nitrogens with zero attached hydrogens (tertiary/aromatic N) is 1. The highest BCUT2D eigenvalue weighted by Gasteiger charge is 2.14. The van der Waals surface area contributed by atoms with E-state index in [1.165, 1.54) is 70.6 Å². The maximum Gasteiger partial charge on any atom is 0.306 e. The van der Waals surface area contributed by atoms with Crippen LogP contribution in [0.25, 0.3) is 0 Å². The van der Waals surface area contributed by atoms with Gasteiger partial charge < -0.3 is 14.4 Å². The molecule has 0 saturated carbocycles. The molecule has 0 radical (unpaired) electrons. The summed E-state index contributed by atoms with van der Waals surface area (Å²) in [6.45, 7) is 5.89. The molecular weight excluding hydrogens is 450 g/mol. The largest absolute Gasteiger partial charge is 0.466 e. The minimum absolute atomic E-state index is 0.0225. The Bertz CT molecular complexity index is 495. The fourth-order valence-electron chi connectivity index (χ4n) is 4.51. The van der Waals surface area contributed by atoms with Gasteiger partial charge in [-0.05, 0) is 65.6 Å². The summed E-state index contributed by atoms with van der Waals surface area (Å²) in [5, 5.41) is 0. The molecule has 1 atom stereocenters. The molecule has 0 aliphatic rings. The monoisotopic (exact) mass is 511 g/mol. The Hall–Kier alpha value is -1.10. The lowest BCUT2D eigenvalue weighted by molar-refractivity contribution is -0.150. The standard InChI is InChI=1S/C31H61NO4/c1-5-7-9-10-11-12-15-19-23-29(36-31(34)26-22-27-32(3)4)24-20-16-13-14-17-21-28-35-30(33)25-18-8-6-2/h29H,5-28H2,1-4H3. The van der Waals surface area contributed by atoms with Gasteiger partial charge >= 0.3 is 11.9 Å². The second-order valence-corrected chi connectivity index (χ2v) is 10.9. The molecule has 0 amide bonds. The van der Waals surface area contributed by atoms with E-state index in [0.29, 0.717) is 19.4 Å². The Kier molecular flexibility index (Phi) is 26.1. The third-order valence-corrected chi connectivity index (χ3v) is 6.83. The highest BCUT2D eigenvalue weighted by atomic mass is 16.5. The Balaban J connectivity index is 3.99. The zero-order chi connectivity index (χ0) is 26.7. The van der Waals surface area contributed by atoms with Gasteiger partial charge in [0, 0.05) is 12.8 Å². The molecule has 0 aromatic heterocycles. The first-order chi connectivity index (χ1) is 17.5. The average molecular weight is 512 g/mol. The van der Waals surface area contributed by atoms with Crippen molar-refractivity contribution in [2.75, 3.05) is 27.2 Å². The minimum atomic E-state index is -0.0396. The van der Waals surface area contributed by atoms with Crippen LogP contribution >= 0.6 is 0 Å². The second-order valence-electron chi connectivity index (χ2n) is 10.9. The summed E-state index contributed by atoms with van der Waals surface area (Å²) in [6, 6.07) is 0. The molecule has 0 heterocycles. The number of esters is 2. The smallest absolute Gasteiger partial charge is 0.306 e. The van der Waals surface area contributed by atoms with Crippen LogP contribution in [-0.2, 0) is 19.1 Å². The van der Waals surface area contributed by atoms with Crippen molar-refractivity contribution in [3.05, 3.63) is 0 Å². The van der Waals surface area contributed by atoms with Crippen molar-refractivity contribution in [2.45, 2.75) is 161 Å². The summed E-state index contributed by atoms with van der Waals surface area (Å²) in [5.41, 5.74) is 0. The third kappa shape index (κ3) is 26.0. The topological polar surface area (TPSA) is 55.8 Å². The maximum atomic E-state index is 12.4. The van der Waals surface area contributed by atoms with Gasteiger partial charge in [-0.1, -0.05) is 97.3 Å². The zero-order valence-corrected chi connectivity index (χ0v) is 24.6. The van der Waals surface area contributed by atoms with Crippen LogP contribution in [0.4, 0.5) is 0 Å². The molecule has 0 aromatic carbocycles. The summed E-state index contributed by atoms with van der Waals surface area (Å²) in [7, 11) is 4.08. The first kappa shape index (κ1) is 34.9. The van der Waals surface area contributed by atoms with Crippen LogP contribution in [-0.4, -0.2) is 50.2 Å². The van der Waals surface area contributed by atoms with Crippen LogP contribution in [0.1, 0.15) is 155 Å². The molecule has 5 nitrogen and oxygen atoms in total. The first-order valence-electron chi connectivity index (χ1n) is 15.5. The van der Waals surface area contributed by atoms with Crippen LogP contribution in [0.5, 0.6) is 0 Å². The highest BCUT2D eigenvalue weighted by Crippen LogP contribution is 2.18. The van der Waals surface area contributed by atoms with E-state index in [2.05, 4.69) is 18.7 Å². The van der Waals surface area contributed by atoms with Gasteiger partial charge in [0.05, 0.1) is 6.61 Å². The van der Waals surface area contributed by atoms with Crippen LogP contribution in [0.15, 0.2) is 0 Å². The van der Waals surface area contributed by atoms with Crippen molar-refractivity contribution < 1.29 is 19.1 Å². The van der Waals surface area contributed by atoms with E-state index in [0.717, 1.165) is 64.3 Å². The Morgan fingerprint density at radius 1 is 0.583 bits per heavy atom. The SMILES string of the molecule is CCCCCCCCCCC(CCCCCCCCOC(=O)CCCCC)OC(=O)CCCN(C)C. The predicted octanol–water partition coefficient (Wildman–Crippen LogP) is 8.63. The number of carbonyl (C=O) groups excluding carboxylic acids is 2. The van der Waals surface area contributed by atoms with Crippen molar-refractivity contribution in [3.8, 4) is 0 Å². The fraction of sp³-hybridized carbons (Fsp3) is 0.935. The highest BCUT2D eigenvalue weighted by molar-refractivity contribution is 5.69. The van der Waals surface area contributed by atoms with Gasteiger partial charge in [0.15, 0.2) is 0 Å². The lowest BCUT2D eigenvalue weighted by atomic mass is 10.0. The molecule has 0 saturated heterocycles. The number of ether oxygens (including phenoxy) is 2. The molecule has 214 valence electrons. The molecule has 0 N–H and O–H groups in total. The molecule has 5 heteroatoms. The molecule has 1 unspecified atom stereocenters. The van der Waals surface area contributed by atoms with Crippen molar-refractivity contribution in [3.63, 3.8) is 0 Å². The van der Waals surface area contributed by atoms with Gasteiger partial charge in [-0.15, -0.1) is 0 Å². The minimum Gasteiger partial charge on any atom is -0.466 e. The lowest BCUT2D eigenvalue weighted by Crippen LogP contribution is -2.20. The Morgan fingerprint density at radius 2 is 1.06 bits per heavy atom. The van der Waals surface area contributed by atoms with E-state index >= 15 is 0 Å². The molecule has 0 fully saturated rings.